The first-order valence-electron chi connectivity index (χ1n) is 8.82. The molecule has 1 N–H and O–H groups in total. The first-order chi connectivity index (χ1) is 13.3. The van der Waals surface area contributed by atoms with Gasteiger partial charge in [-0.05, 0) is 36.8 Å². The lowest BCUT2D eigenvalue weighted by molar-refractivity contribution is 0.872. The molecule has 1 unspecified atom stereocenters. The highest BCUT2D eigenvalue weighted by Gasteiger charge is 2.12. The smallest absolute Gasteiger partial charge is 0.180 e. The monoisotopic (exact) mass is 353 g/mol. The lowest BCUT2D eigenvalue weighted by atomic mass is 10.1. The van der Waals surface area contributed by atoms with Gasteiger partial charge in [-0.25, -0.2) is 9.97 Å². The van der Waals surface area contributed by atoms with E-state index in [4.69, 9.17) is 4.98 Å². The van der Waals surface area contributed by atoms with E-state index in [2.05, 4.69) is 39.3 Å². The molecule has 0 bridgehead atoms. The zero-order chi connectivity index (χ0) is 18.5. The van der Waals surface area contributed by atoms with Crippen molar-refractivity contribution in [3.8, 4) is 22.8 Å². The summed E-state index contributed by atoms with van der Waals surface area (Å²) in [6, 6.07) is 21.9. The van der Waals surface area contributed by atoms with Crippen LogP contribution in [0.15, 0.2) is 85.3 Å². The first kappa shape index (κ1) is 16.8. The molecule has 5 heteroatoms. The molecule has 0 saturated carbocycles. The molecule has 0 spiro atoms. The van der Waals surface area contributed by atoms with Crippen molar-refractivity contribution >= 4 is 5.82 Å². The van der Waals surface area contributed by atoms with E-state index >= 15 is 0 Å². The van der Waals surface area contributed by atoms with Crippen LogP contribution in [-0.2, 0) is 0 Å². The van der Waals surface area contributed by atoms with Crippen LogP contribution < -0.4 is 5.32 Å². The van der Waals surface area contributed by atoms with E-state index in [0.717, 1.165) is 22.8 Å². The summed E-state index contributed by atoms with van der Waals surface area (Å²) in [5, 5.41) is 3.48. The highest BCUT2D eigenvalue weighted by Crippen LogP contribution is 2.25. The van der Waals surface area contributed by atoms with Gasteiger partial charge in [-0.3, -0.25) is 9.97 Å². The fraction of sp³-hybridized carbons (Fsp3) is 0.0909. The van der Waals surface area contributed by atoms with Crippen LogP contribution in [-0.4, -0.2) is 19.9 Å². The Morgan fingerprint density at radius 1 is 0.815 bits per heavy atom. The lowest BCUT2D eigenvalue weighted by Crippen LogP contribution is -2.09. The van der Waals surface area contributed by atoms with Gasteiger partial charge in [-0.15, -0.1) is 0 Å². The number of rotatable bonds is 5. The summed E-state index contributed by atoms with van der Waals surface area (Å²) in [6.07, 6.45) is 5.30. The van der Waals surface area contributed by atoms with Crippen LogP contribution in [0, 0.1) is 0 Å². The molecule has 0 saturated heterocycles. The quantitative estimate of drug-likeness (QED) is 0.560. The van der Waals surface area contributed by atoms with Crippen molar-refractivity contribution in [3.05, 3.63) is 90.9 Å². The normalized spacial score (nSPS) is 11.7. The van der Waals surface area contributed by atoms with Gasteiger partial charge >= 0.3 is 0 Å². The third kappa shape index (κ3) is 3.98. The second kappa shape index (κ2) is 7.74. The minimum absolute atomic E-state index is 0.111. The molecule has 27 heavy (non-hydrogen) atoms. The molecule has 1 atom stereocenters. The Labute approximate surface area is 158 Å². The summed E-state index contributed by atoms with van der Waals surface area (Å²) in [5.41, 5.74) is 3.67. The van der Waals surface area contributed by atoms with Crippen LogP contribution in [0.1, 0.15) is 18.5 Å². The summed E-state index contributed by atoms with van der Waals surface area (Å²) < 4.78 is 0. The Morgan fingerprint density at radius 3 is 2.41 bits per heavy atom. The number of anilines is 1. The summed E-state index contributed by atoms with van der Waals surface area (Å²) >= 11 is 0. The van der Waals surface area contributed by atoms with E-state index in [0.29, 0.717) is 5.82 Å². The SMILES string of the molecule is CC(Nc1cc(-c2cccnc2)nc(-c2ccccn2)n1)c1ccccc1. The van der Waals surface area contributed by atoms with Crippen molar-refractivity contribution in [2.24, 2.45) is 0 Å². The highest BCUT2D eigenvalue weighted by atomic mass is 15.1. The Morgan fingerprint density at radius 2 is 1.67 bits per heavy atom. The van der Waals surface area contributed by atoms with Crippen molar-refractivity contribution in [3.63, 3.8) is 0 Å². The van der Waals surface area contributed by atoms with E-state index in [1.807, 2.05) is 54.6 Å². The number of hydrogen-bond donors (Lipinski definition) is 1. The molecule has 0 aliphatic heterocycles. The fourth-order valence-electron chi connectivity index (χ4n) is 2.84. The predicted octanol–water partition coefficient (Wildman–Crippen LogP) is 4.77. The molecule has 4 rings (SSSR count). The van der Waals surface area contributed by atoms with Gasteiger partial charge in [-0.2, -0.15) is 0 Å². The molecule has 0 amide bonds. The number of benzene rings is 1. The van der Waals surface area contributed by atoms with Gasteiger partial charge in [0.25, 0.3) is 0 Å². The number of nitrogens with one attached hydrogen (secondary N) is 1. The molecular formula is C22H19N5. The Hall–Kier alpha value is -3.60. The van der Waals surface area contributed by atoms with Gasteiger partial charge in [0.1, 0.15) is 11.5 Å². The van der Waals surface area contributed by atoms with Crippen LogP contribution in [0.25, 0.3) is 22.8 Å². The maximum atomic E-state index is 4.70. The van der Waals surface area contributed by atoms with E-state index in [-0.39, 0.29) is 6.04 Å². The summed E-state index contributed by atoms with van der Waals surface area (Å²) in [4.78, 5) is 18.0. The highest BCUT2D eigenvalue weighted by molar-refractivity contribution is 5.65. The van der Waals surface area contributed by atoms with Crippen molar-refractivity contribution in [2.45, 2.75) is 13.0 Å². The van der Waals surface area contributed by atoms with Gasteiger partial charge in [-0.1, -0.05) is 36.4 Å². The van der Waals surface area contributed by atoms with Crippen molar-refractivity contribution in [2.75, 3.05) is 5.32 Å². The molecule has 0 radical (unpaired) electrons. The van der Waals surface area contributed by atoms with Gasteiger partial charge < -0.3 is 5.32 Å². The largest absolute Gasteiger partial charge is 0.363 e. The molecule has 0 aliphatic rings. The Bertz CT molecular complexity index is 947. The zero-order valence-corrected chi connectivity index (χ0v) is 14.9. The second-order valence-electron chi connectivity index (χ2n) is 6.20. The minimum atomic E-state index is 0.111. The summed E-state index contributed by atoms with van der Waals surface area (Å²) in [6.45, 7) is 2.11. The van der Waals surface area contributed by atoms with Gasteiger partial charge in [0.05, 0.1) is 5.69 Å². The molecule has 132 valence electrons. The standard InChI is InChI=1S/C22H19N5/c1-16(17-8-3-2-4-9-17)25-21-14-20(18-10-7-12-23-15-18)26-22(27-21)19-11-5-6-13-24-19/h2-16H,1H3,(H,25,26,27). The van der Waals surface area contributed by atoms with Crippen molar-refractivity contribution in [1.29, 1.82) is 0 Å². The maximum absolute atomic E-state index is 4.70. The van der Waals surface area contributed by atoms with Gasteiger partial charge in [0.2, 0.25) is 0 Å². The number of aromatic nitrogens is 4. The predicted molar refractivity (Wildman–Crippen MR) is 107 cm³/mol. The van der Waals surface area contributed by atoms with E-state index in [1.54, 1.807) is 18.6 Å². The fourth-order valence-corrected chi connectivity index (χ4v) is 2.84. The first-order valence-corrected chi connectivity index (χ1v) is 8.82. The Balaban J connectivity index is 1.74. The Kier molecular flexibility index (Phi) is 4.83. The van der Waals surface area contributed by atoms with Gasteiger partial charge in [0.15, 0.2) is 5.82 Å². The molecule has 4 aromatic rings. The van der Waals surface area contributed by atoms with Gasteiger partial charge in [0, 0.05) is 36.3 Å². The minimum Gasteiger partial charge on any atom is -0.363 e. The lowest BCUT2D eigenvalue weighted by Gasteiger charge is -2.16. The van der Waals surface area contributed by atoms with Crippen molar-refractivity contribution < 1.29 is 0 Å². The third-order valence-electron chi connectivity index (χ3n) is 4.24. The summed E-state index contributed by atoms with van der Waals surface area (Å²) in [5.74, 6) is 1.33. The maximum Gasteiger partial charge on any atom is 0.180 e. The molecular weight excluding hydrogens is 334 g/mol. The van der Waals surface area contributed by atoms with Crippen LogP contribution in [0.5, 0.6) is 0 Å². The molecule has 0 fully saturated rings. The third-order valence-corrected chi connectivity index (χ3v) is 4.24. The zero-order valence-electron chi connectivity index (χ0n) is 14.9. The average molecular weight is 353 g/mol. The topological polar surface area (TPSA) is 63.6 Å². The average Bonchev–Trinajstić information content (AvgIpc) is 2.75. The molecule has 0 aliphatic carbocycles. The van der Waals surface area contributed by atoms with Crippen LogP contribution in [0.2, 0.25) is 0 Å². The number of hydrogen-bond acceptors (Lipinski definition) is 5. The van der Waals surface area contributed by atoms with E-state index in [1.165, 1.54) is 5.56 Å². The molecule has 1 aromatic carbocycles. The van der Waals surface area contributed by atoms with E-state index in [9.17, 15) is 0 Å². The van der Waals surface area contributed by atoms with Crippen LogP contribution in [0.4, 0.5) is 5.82 Å². The summed E-state index contributed by atoms with van der Waals surface area (Å²) in [7, 11) is 0. The second-order valence-corrected chi connectivity index (χ2v) is 6.20. The molecule has 3 heterocycles. The molecule has 3 aromatic heterocycles. The number of nitrogens with zero attached hydrogens (tertiary/aromatic N) is 4. The van der Waals surface area contributed by atoms with Crippen molar-refractivity contribution in [1.82, 2.24) is 19.9 Å². The van der Waals surface area contributed by atoms with Crippen LogP contribution >= 0.6 is 0 Å². The molecule has 5 nitrogen and oxygen atoms in total. The van der Waals surface area contributed by atoms with Crippen LogP contribution in [0.3, 0.4) is 0 Å². The van der Waals surface area contributed by atoms with E-state index < -0.39 is 0 Å². The number of pyridine rings is 2.